The van der Waals surface area contributed by atoms with Gasteiger partial charge in [-0.25, -0.2) is 15.0 Å². The molecule has 0 fully saturated rings. The highest BCUT2D eigenvalue weighted by atomic mass is 16.3. The Kier molecular flexibility index (Phi) is 9.05. The molecule has 0 unspecified atom stereocenters. The van der Waals surface area contributed by atoms with E-state index in [4.69, 9.17) is 19.4 Å². The molecule has 0 saturated carbocycles. The highest BCUT2D eigenvalue weighted by molar-refractivity contribution is 6.13. The largest absolute Gasteiger partial charge is 0.456 e. The summed E-state index contributed by atoms with van der Waals surface area (Å²) in [6.45, 7) is 4.28. The first-order valence-corrected chi connectivity index (χ1v) is 19.5. The van der Waals surface area contributed by atoms with Gasteiger partial charge in [0, 0.05) is 28.5 Å². The van der Waals surface area contributed by atoms with Crippen molar-refractivity contribution < 1.29 is 4.42 Å². The molecule has 0 radical (unpaired) electrons. The van der Waals surface area contributed by atoms with E-state index >= 15 is 0 Å². The van der Waals surface area contributed by atoms with Gasteiger partial charge < -0.3 is 4.42 Å². The predicted molar refractivity (Wildman–Crippen MR) is 240 cm³/mol. The molecule has 58 heavy (non-hydrogen) atoms. The van der Waals surface area contributed by atoms with Crippen molar-refractivity contribution in [3.05, 3.63) is 223 Å². The van der Waals surface area contributed by atoms with Crippen molar-refractivity contribution >= 4 is 44.2 Å². The lowest BCUT2D eigenvalue weighted by Gasteiger charge is -2.12. The van der Waals surface area contributed by atoms with Crippen molar-refractivity contribution in [1.82, 2.24) is 15.0 Å². The second-order valence-corrected chi connectivity index (χ2v) is 14.4. The predicted octanol–water partition coefficient (Wildman–Crippen LogP) is 13.9. The number of hydrogen-bond acceptors (Lipinski definition) is 4. The fourth-order valence-corrected chi connectivity index (χ4v) is 7.90. The van der Waals surface area contributed by atoms with E-state index in [9.17, 15) is 0 Å². The van der Waals surface area contributed by atoms with Gasteiger partial charge in [-0.15, -0.1) is 0 Å². The Morgan fingerprint density at radius 3 is 1.59 bits per heavy atom. The summed E-state index contributed by atoms with van der Waals surface area (Å²) in [5, 5.41) is 5.78. The molecule has 4 nitrogen and oxygen atoms in total. The lowest BCUT2D eigenvalue weighted by Crippen LogP contribution is -2.04. The van der Waals surface area contributed by atoms with Crippen molar-refractivity contribution in [2.45, 2.75) is 6.42 Å². The zero-order valence-corrected chi connectivity index (χ0v) is 31.7. The third kappa shape index (κ3) is 6.67. The van der Waals surface area contributed by atoms with Gasteiger partial charge >= 0.3 is 0 Å². The van der Waals surface area contributed by atoms with Gasteiger partial charge in [-0.3, -0.25) is 0 Å². The molecule has 0 aliphatic carbocycles. The molecule has 4 heteroatoms. The van der Waals surface area contributed by atoms with Crippen molar-refractivity contribution in [2.75, 3.05) is 0 Å². The van der Waals surface area contributed by atoms with E-state index in [1.807, 2.05) is 60.7 Å². The van der Waals surface area contributed by atoms with E-state index in [0.29, 0.717) is 23.9 Å². The van der Waals surface area contributed by atoms with Crippen LogP contribution in [0.2, 0.25) is 0 Å². The molecule has 10 aromatic rings. The Bertz CT molecular complexity index is 3130. The van der Waals surface area contributed by atoms with Crippen LogP contribution in [-0.2, 0) is 6.42 Å². The maximum Gasteiger partial charge on any atom is 0.163 e. The Morgan fingerprint density at radius 2 is 0.948 bits per heavy atom. The van der Waals surface area contributed by atoms with Crippen LogP contribution in [0.5, 0.6) is 0 Å². The Morgan fingerprint density at radius 1 is 0.466 bits per heavy atom. The topological polar surface area (TPSA) is 51.8 Å². The van der Waals surface area contributed by atoms with Gasteiger partial charge in [-0.05, 0) is 73.1 Å². The van der Waals surface area contributed by atoms with Gasteiger partial charge in [0.15, 0.2) is 11.6 Å². The number of para-hydroxylation sites is 1. The summed E-state index contributed by atoms with van der Waals surface area (Å²) in [6.07, 6.45) is 4.47. The zero-order valence-electron chi connectivity index (χ0n) is 31.7. The molecule has 274 valence electrons. The van der Waals surface area contributed by atoms with Gasteiger partial charge in [0.1, 0.15) is 17.2 Å². The summed E-state index contributed by atoms with van der Waals surface area (Å²) in [7, 11) is 0. The molecule has 0 N–H and O–H groups in total. The van der Waals surface area contributed by atoms with Crippen LogP contribution in [0.1, 0.15) is 22.7 Å². The van der Waals surface area contributed by atoms with E-state index in [0.717, 1.165) is 61.1 Å². The van der Waals surface area contributed by atoms with Crippen LogP contribution in [0.3, 0.4) is 0 Å². The fraction of sp³-hybridized carbons (Fsp3) is 0.0185. The molecular formula is C54H37N3O. The minimum atomic E-state index is 0.437. The molecular weight excluding hydrogens is 707 g/mol. The number of fused-ring (bicyclic) bond motifs is 4. The normalized spacial score (nSPS) is 11.7. The number of hydrogen-bond donors (Lipinski definition) is 0. The Labute approximate surface area is 337 Å². The first-order chi connectivity index (χ1) is 28.7. The monoisotopic (exact) mass is 743 g/mol. The lowest BCUT2D eigenvalue weighted by atomic mass is 9.92. The van der Waals surface area contributed by atoms with Crippen molar-refractivity contribution in [3.8, 4) is 45.0 Å². The minimum Gasteiger partial charge on any atom is -0.456 e. The first-order valence-electron chi connectivity index (χ1n) is 19.5. The van der Waals surface area contributed by atoms with E-state index in [-0.39, 0.29) is 0 Å². The number of furan rings is 1. The van der Waals surface area contributed by atoms with E-state index in [1.165, 1.54) is 27.3 Å². The molecule has 8 aromatic carbocycles. The first kappa shape index (κ1) is 34.8. The third-order valence-corrected chi connectivity index (χ3v) is 10.8. The molecule has 0 aliphatic rings. The summed E-state index contributed by atoms with van der Waals surface area (Å²) in [6, 6.07) is 65.2. The van der Waals surface area contributed by atoms with Crippen LogP contribution in [0.15, 0.2) is 205 Å². The summed E-state index contributed by atoms with van der Waals surface area (Å²) in [4.78, 5) is 15.2. The molecule has 0 bridgehead atoms. The smallest absolute Gasteiger partial charge is 0.163 e. The Balaban J connectivity index is 1.05. The number of nitrogens with zero attached hydrogens (tertiary/aromatic N) is 3. The number of aromatic nitrogens is 3. The van der Waals surface area contributed by atoms with Crippen LogP contribution >= 0.6 is 0 Å². The van der Waals surface area contributed by atoms with Crippen LogP contribution < -0.4 is 0 Å². The quantitative estimate of drug-likeness (QED) is 0.109. The molecule has 10 rings (SSSR count). The van der Waals surface area contributed by atoms with E-state index < -0.39 is 0 Å². The van der Waals surface area contributed by atoms with Crippen molar-refractivity contribution in [1.29, 1.82) is 0 Å². The van der Waals surface area contributed by atoms with E-state index in [2.05, 4.69) is 146 Å². The van der Waals surface area contributed by atoms with Gasteiger partial charge in [-0.2, -0.15) is 0 Å². The van der Waals surface area contributed by atoms with Gasteiger partial charge in [0.25, 0.3) is 0 Å². The summed E-state index contributed by atoms with van der Waals surface area (Å²) in [5.74, 6) is 2.65. The molecule has 2 heterocycles. The minimum absolute atomic E-state index is 0.437. The highest BCUT2D eigenvalue weighted by Gasteiger charge is 2.19. The van der Waals surface area contributed by atoms with Crippen LogP contribution in [-0.4, -0.2) is 15.0 Å². The molecule has 0 aliphatic heterocycles. The molecule has 0 amide bonds. The third-order valence-electron chi connectivity index (χ3n) is 10.8. The van der Waals surface area contributed by atoms with Crippen molar-refractivity contribution in [2.24, 2.45) is 0 Å². The molecule has 0 spiro atoms. The van der Waals surface area contributed by atoms with Crippen LogP contribution in [0, 0.1) is 0 Å². The summed E-state index contributed by atoms with van der Waals surface area (Å²) in [5.41, 5.74) is 10.4. The SMILES string of the molecule is C=C/C(=C\c1oc2ccccc2c1Cc1nc(-c2ccccc2)nc(-c2ccc(-c3ccc(-c4ccccc4)cc3)cc2)n1)c1cc2ccccc2c2ccccc12. The molecule has 0 saturated heterocycles. The summed E-state index contributed by atoms with van der Waals surface area (Å²) >= 11 is 0. The van der Waals surface area contributed by atoms with Gasteiger partial charge in [-0.1, -0.05) is 189 Å². The molecule has 0 atom stereocenters. The average molecular weight is 744 g/mol. The highest BCUT2D eigenvalue weighted by Crippen LogP contribution is 2.37. The van der Waals surface area contributed by atoms with Gasteiger partial charge in [0.2, 0.25) is 0 Å². The Hall–Kier alpha value is -7.69. The average Bonchev–Trinajstić information content (AvgIpc) is 3.64. The molecule has 2 aromatic heterocycles. The second-order valence-electron chi connectivity index (χ2n) is 14.4. The fourth-order valence-electron chi connectivity index (χ4n) is 7.90. The standard InChI is InChI=1S/C54H37N3O/c1-2-36(48-33-43-19-9-10-20-44(43)45-21-11-12-22-46(45)48)34-51-49(47-23-13-14-24-50(47)58-51)35-52-55-53(41-17-7-4-8-18-41)57-54(56-52)42-31-29-40(30-32-42)39-27-25-38(26-28-39)37-15-5-3-6-16-37/h2-34H,1,35H2/b36-34+. The van der Waals surface area contributed by atoms with Crippen LogP contribution in [0.4, 0.5) is 0 Å². The van der Waals surface area contributed by atoms with E-state index in [1.54, 1.807) is 0 Å². The van der Waals surface area contributed by atoms with Crippen molar-refractivity contribution in [3.63, 3.8) is 0 Å². The summed E-state index contributed by atoms with van der Waals surface area (Å²) < 4.78 is 6.65. The maximum atomic E-state index is 6.65. The number of rotatable bonds is 9. The second kappa shape index (κ2) is 15.1. The maximum absolute atomic E-state index is 6.65. The number of benzene rings is 8. The van der Waals surface area contributed by atoms with Gasteiger partial charge in [0.05, 0.1) is 0 Å². The zero-order chi connectivity index (χ0) is 38.8. The lowest BCUT2D eigenvalue weighted by molar-refractivity contribution is 0.599. The number of allylic oxidation sites excluding steroid dienone is 2. The van der Waals surface area contributed by atoms with Crippen LogP contribution in [0.25, 0.3) is 89.2 Å².